The third-order valence-corrected chi connectivity index (χ3v) is 15.5. The van der Waals surface area contributed by atoms with E-state index in [1.54, 1.807) is 0 Å². The molecule has 0 radical (unpaired) electrons. The van der Waals surface area contributed by atoms with Gasteiger partial charge < -0.3 is 10.2 Å². The summed E-state index contributed by atoms with van der Waals surface area (Å²) in [4.78, 5) is 13.6. The maximum Gasteiger partial charge on any atom is 0.501 e. The van der Waals surface area contributed by atoms with Gasteiger partial charge in [0.25, 0.3) is 19.9 Å². The Labute approximate surface area is 375 Å². The van der Waals surface area contributed by atoms with Crippen molar-refractivity contribution in [2.24, 2.45) is 0 Å². The Bertz CT molecular complexity index is 2590. The summed E-state index contributed by atoms with van der Waals surface area (Å²) in [7, 11) is -7.02. The number of thioether (sulfide) groups is 1. The van der Waals surface area contributed by atoms with E-state index in [4.69, 9.17) is 11.6 Å². The average Bonchev–Trinajstić information content (AvgIpc) is 3.25. The lowest BCUT2D eigenvalue weighted by Gasteiger charge is -2.42. The number of piperidine rings is 1. The standard InChI is InChI=1S/C44H48ClF4N7O4S3/c1-54(2)21-18-33(28-61-34-9-4-3-5-10-34)52-39-17-16-35(24-42(39)62(57,58)44(47,48)49)63(59,60)53-43-37-19-23-56(27-40(37)50-29-51-43)41-20-22-55(26-38(41)46)25-31-8-6-7-11-36(31)30-12-14-32(45)15-13-30/h3-17,24,29,33,38,41,52H,18-23,25-28H2,1-2H3,(H,50,51,53)/t33-,38+,41+/m1/s1. The van der Waals surface area contributed by atoms with E-state index in [-0.39, 0.29) is 31.0 Å². The van der Waals surface area contributed by atoms with Crippen LogP contribution in [-0.4, -0.2) is 111 Å². The van der Waals surface area contributed by atoms with Crippen LogP contribution in [0.5, 0.6) is 0 Å². The molecule has 1 fully saturated rings. The Morgan fingerprint density at radius 1 is 0.937 bits per heavy atom. The molecule has 336 valence electrons. The van der Waals surface area contributed by atoms with Gasteiger partial charge in [-0.05, 0) is 99.1 Å². The summed E-state index contributed by atoms with van der Waals surface area (Å²) in [5.74, 6) is 0.294. The van der Waals surface area contributed by atoms with Gasteiger partial charge in [0.05, 0.1) is 16.3 Å². The Balaban J connectivity index is 1.05. The summed E-state index contributed by atoms with van der Waals surface area (Å²) >= 11 is 7.56. The fraction of sp³-hybridized carbons (Fsp3) is 0.364. The second kappa shape index (κ2) is 19.8. The van der Waals surface area contributed by atoms with E-state index in [2.05, 4.69) is 24.9 Å². The number of nitrogens with one attached hydrogen (secondary N) is 2. The molecule has 19 heteroatoms. The molecule has 3 heterocycles. The van der Waals surface area contributed by atoms with E-state index in [1.165, 1.54) is 18.1 Å². The monoisotopic (exact) mass is 945 g/mol. The number of rotatable bonds is 16. The predicted octanol–water partition coefficient (Wildman–Crippen LogP) is 8.39. The second-order valence-corrected chi connectivity index (χ2v) is 21.0. The third kappa shape index (κ3) is 11.3. The molecule has 3 atom stereocenters. The van der Waals surface area contributed by atoms with Gasteiger partial charge in [-0.15, -0.1) is 11.8 Å². The number of hydrogen-bond donors (Lipinski definition) is 2. The Hall–Kier alpha value is -4.30. The van der Waals surface area contributed by atoms with Gasteiger partial charge >= 0.3 is 5.51 Å². The van der Waals surface area contributed by atoms with Crippen molar-refractivity contribution < 1.29 is 34.4 Å². The molecule has 1 aromatic heterocycles. The normalized spacial score (nSPS) is 18.2. The van der Waals surface area contributed by atoms with Crippen molar-refractivity contribution in [3.63, 3.8) is 0 Å². The minimum atomic E-state index is -6.02. The van der Waals surface area contributed by atoms with Crippen LogP contribution >= 0.6 is 23.4 Å². The molecule has 11 nitrogen and oxygen atoms in total. The van der Waals surface area contributed by atoms with E-state index in [9.17, 15) is 30.0 Å². The van der Waals surface area contributed by atoms with Gasteiger partial charge in [-0.2, -0.15) is 13.2 Å². The Morgan fingerprint density at radius 2 is 1.67 bits per heavy atom. The zero-order chi connectivity index (χ0) is 44.9. The van der Waals surface area contributed by atoms with Gasteiger partial charge in [0.2, 0.25) is 0 Å². The number of nitrogens with zero attached hydrogens (tertiary/aromatic N) is 5. The van der Waals surface area contributed by atoms with Crippen molar-refractivity contribution in [1.29, 1.82) is 0 Å². The van der Waals surface area contributed by atoms with Crippen LogP contribution in [0.25, 0.3) is 11.1 Å². The highest BCUT2D eigenvalue weighted by Gasteiger charge is 2.48. The highest BCUT2D eigenvalue weighted by Crippen LogP contribution is 2.38. The van der Waals surface area contributed by atoms with Gasteiger partial charge in [-0.25, -0.2) is 31.2 Å². The molecule has 2 aliphatic rings. The van der Waals surface area contributed by atoms with Crippen molar-refractivity contribution in [3.8, 4) is 11.1 Å². The second-order valence-electron chi connectivity index (χ2n) is 15.9. The van der Waals surface area contributed by atoms with Crippen LogP contribution < -0.4 is 10.0 Å². The van der Waals surface area contributed by atoms with Crippen molar-refractivity contribution in [2.45, 2.75) is 70.8 Å². The fourth-order valence-electron chi connectivity index (χ4n) is 7.93. The number of halogens is 5. The van der Waals surface area contributed by atoms with Crippen LogP contribution in [-0.2, 0) is 39.4 Å². The lowest BCUT2D eigenvalue weighted by atomic mass is 9.95. The minimum absolute atomic E-state index is 0.0882. The quantitative estimate of drug-likeness (QED) is 0.0732. The molecule has 1 saturated heterocycles. The fourth-order valence-corrected chi connectivity index (χ4v) is 11.1. The molecule has 2 aliphatic heterocycles. The van der Waals surface area contributed by atoms with Crippen molar-refractivity contribution >= 4 is 54.7 Å². The molecule has 0 amide bonds. The molecular weight excluding hydrogens is 898 g/mol. The van der Waals surface area contributed by atoms with Crippen LogP contribution in [0, 0.1) is 0 Å². The predicted molar refractivity (Wildman–Crippen MR) is 240 cm³/mol. The summed E-state index contributed by atoms with van der Waals surface area (Å²) in [5, 5.41) is 3.62. The zero-order valence-electron chi connectivity index (χ0n) is 34.6. The first-order valence-electron chi connectivity index (χ1n) is 20.3. The van der Waals surface area contributed by atoms with Gasteiger partial charge in [-0.3, -0.25) is 14.5 Å². The van der Waals surface area contributed by atoms with Crippen molar-refractivity contribution in [1.82, 2.24) is 24.7 Å². The number of anilines is 2. The summed E-state index contributed by atoms with van der Waals surface area (Å²) in [5.41, 5.74) is -1.98. The van der Waals surface area contributed by atoms with Gasteiger partial charge in [-0.1, -0.05) is 66.2 Å². The Morgan fingerprint density at radius 3 is 2.38 bits per heavy atom. The summed E-state index contributed by atoms with van der Waals surface area (Å²) < 4.78 is 115. The van der Waals surface area contributed by atoms with Crippen LogP contribution in [0.1, 0.15) is 29.7 Å². The molecule has 0 aliphatic carbocycles. The highest BCUT2D eigenvalue weighted by atomic mass is 35.5. The van der Waals surface area contributed by atoms with Crippen LogP contribution in [0.15, 0.2) is 118 Å². The topological polar surface area (TPSA) is 128 Å². The van der Waals surface area contributed by atoms with E-state index in [0.29, 0.717) is 67.1 Å². The molecule has 7 rings (SSSR count). The number of alkyl halides is 4. The highest BCUT2D eigenvalue weighted by molar-refractivity contribution is 7.99. The molecule has 0 bridgehead atoms. The summed E-state index contributed by atoms with van der Waals surface area (Å²) in [6.45, 7) is 2.60. The molecule has 0 spiro atoms. The molecule has 2 N–H and O–H groups in total. The first kappa shape index (κ1) is 46.7. The number of likely N-dealkylation sites (tertiary alicyclic amines) is 1. The molecule has 5 aromatic rings. The van der Waals surface area contributed by atoms with Crippen LogP contribution in [0.2, 0.25) is 5.02 Å². The van der Waals surface area contributed by atoms with Gasteiger partial charge in [0.15, 0.2) is 0 Å². The number of hydrogen-bond acceptors (Lipinski definition) is 11. The van der Waals surface area contributed by atoms with Crippen molar-refractivity contribution in [3.05, 3.63) is 125 Å². The average molecular weight is 947 g/mol. The number of aromatic nitrogens is 2. The summed E-state index contributed by atoms with van der Waals surface area (Å²) in [6, 6.07) is 26.7. The SMILES string of the molecule is CN(C)CC[C@H](CSc1ccccc1)Nc1ccc(S(=O)(=O)Nc2ncnc3c2CCN([C@H]2CCN(Cc4ccccc4-c4ccc(Cl)cc4)C[C@@H]2F)C3)cc1S(=O)(=O)C(F)(F)F. The smallest absolute Gasteiger partial charge is 0.380 e. The molecular formula is C44H48ClF4N7O4S3. The lowest BCUT2D eigenvalue weighted by molar-refractivity contribution is -0.0435. The van der Waals surface area contributed by atoms with E-state index < -0.39 is 53.4 Å². The minimum Gasteiger partial charge on any atom is -0.380 e. The molecule has 63 heavy (non-hydrogen) atoms. The van der Waals surface area contributed by atoms with Crippen LogP contribution in [0.4, 0.5) is 29.1 Å². The molecule has 4 aromatic carbocycles. The van der Waals surface area contributed by atoms with Gasteiger partial charge in [0, 0.05) is 66.0 Å². The first-order valence-corrected chi connectivity index (χ1v) is 24.7. The largest absolute Gasteiger partial charge is 0.501 e. The maximum atomic E-state index is 16.0. The molecule has 0 unspecified atom stereocenters. The number of sulfonamides is 1. The van der Waals surface area contributed by atoms with E-state index in [1.807, 2.05) is 103 Å². The molecule has 0 saturated carbocycles. The van der Waals surface area contributed by atoms with Crippen LogP contribution in [0.3, 0.4) is 0 Å². The van der Waals surface area contributed by atoms with Gasteiger partial charge in [0.1, 0.15) is 23.2 Å². The van der Waals surface area contributed by atoms with E-state index >= 15 is 4.39 Å². The lowest BCUT2D eigenvalue weighted by Crippen LogP contribution is -2.53. The number of fused-ring (bicyclic) bond motifs is 1. The first-order chi connectivity index (χ1) is 30.0. The Kier molecular flexibility index (Phi) is 14.7. The number of benzene rings is 4. The van der Waals surface area contributed by atoms with Crippen molar-refractivity contribution in [2.75, 3.05) is 56.1 Å². The maximum absolute atomic E-state index is 16.0. The number of sulfone groups is 1. The zero-order valence-corrected chi connectivity index (χ0v) is 37.8. The third-order valence-electron chi connectivity index (χ3n) is 11.2. The van der Waals surface area contributed by atoms with E-state index in [0.717, 1.165) is 33.7 Å². The summed E-state index contributed by atoms with van der Waals surface area (Å²) in [6.07, 6.45) is 1.26.